The van der Waals surface area contributed by atoms with Gasteiger partial charge in [0.25, 0.3) is 5.91 Å². The van der Waals surface area contributed by atoms with E-state index in [-0.39, 0.29) is 43.8 Å². The molecular formula is C48H72N10O12. The summed E-state index contributed by atoms with van der Waals surface area (Å²) >= 11 is 0. The van der Waals surface area contributed by atoms with Crippen LogP contribution in [0.4, 0.5) is 0 Å². The van der Waals surface area contributed by atoms with Gasteiger partial charge in [0.1, 0.15) is 35.9 Å². The number of methoxy groups -OCH3 is 1. The summed E-state index contributed by atoms with van der Waals surface area (Å²) in [7, 11) is 2.81. The van der Waals surface area contributed by atoms with Gasteiger partial charge in [-0.2, -0.15) is 0 Å². The maximum absolute atomic E-state index is 14.3. The first kappa shape index (κ1) is 59.0. The number of benzene rings is 1. The van der Waals surface area contributed by atoms with Crippen LogP contribution in [0.5, 0.6) is 0 Å². The fourth-order valence-corrected chi connectivity index (χ4v) is 7.07. The molecule has 1 fully saturated rings. The highest BCUT2D eigenvalue weighted by molar-refractivity contribution is 6.00. The molecule has 1 aromatic rings. The number of hydrogen-bond donors (Lipinski definition) is 10. The molecule has 22 nitrogen and oxygen atoms in total. The molecule has 386 valence electrons. The SMILES string of the molecule is C=C1C(=O)N[C@H](C)C(=O)N[C@@H](CC(C)C)C(=O)N[C@@H](C(=O)O)[C@H](C)C(=O)N[C@@H](CCCN=C(N)N)C(=O)N[C@@H](/C=C/C(C)=C/C[C@H](Cc2ccccc2)OC)[C@H](C)C(=O)N[C@@H](C(=O)O)CCC(=O)N1C. The molecule has 1 aromatic carbocycles. The molecule has 0 spiro atoms. The molecule has 7 amide bonds. The maximum atomic E-state index is 14.3. The van der Waals surface area contributed by atoms with E-state index >= 15 is 0 Å². The van der Waals surface area contributed by atoms with Crippen molar-refractivity contribution in [3.05, 3.63) is 72.0 Å². The summed E-state index contributed by atoms with van der Waals surface area (Å²) in [4.78, 5) is 126. The molecule has 1 aliphatic rings. The third-order valence-corrected chi connectivity index (χ3v) is 11.6. The third-order valence-electron chi connectivity index (χ3n) is 11.6. The van der Waals surface area contributed by atoms with E-state index in [1.807, 2.05) is 36.4 Å². The predicted molar refractivity (Wildman–Crippen MR) is 260 cm³/mol. The van der Waals surface area contributed by atoms with Crippen molar-refractivity contribution in [1.82, 2.24) is 36.8 Å². The van der Waals surface area contributed by atoms with Crippen molar-refractivity contribution in [3.8, 4) is 0 Å². The van der Waals surface area contributed by atoms with Gasteiger partial charge in [-0.3, -0.25) is 38.6 Å². The second kappa shape index (κ2) is 29.0. The summed E-state index contributed by atoms with van der Waals surface area (Å²) in [5, 5.41) is 35.4. The highest BCUT2D eigenvalue weighted by Crippen LogP contribution is 2.16. The largest absolute Gasteiger partial charge is 0.480 e. The normalized spacial score (nSPS) is 25.0. The van der Waals surface area contributed by atoms with Crippen molar-refractivity contribution in [2.45, 2.75) is 129 Å². The molecule has 1 saturated heterocycles. The first-order valence-corrected chi connectivity index (χ1v) is 23.1. The molecule has 9 atom stereocenters. The molecule has 0 aromatic heterocycles. The van der Waals surface area contributed by atoms with E-state index in [4.69, 9.17) is 16.2 Å². The molecule has 0 bridgehead atoms. The maximum Gasteiger partial charge on any atom is 0.327 e. The number of rotatable bonds is 15. The van der Waals surface area contributed by atoms with Crippen molar-refractivity contribution in [2.75, 3.05) is 20.7 Å². The zero-order valence-corrected chi connectivity index (χ0v) is 41.3. The lowest BCUT2D eigenvalue weighted by molar-refractivity contribution is -0.146. The fraction of sp³-hybridized carbons (Fsp3) is 0.542. The Morgan fingerprint density at radius 1 is 0.857 bits per heavy atom. The van der Waals surface area contributed by atoms with E-state index < -0.39 is 120 Å². The van der Waals surface area contributed by atoms with Crippen molar-refractivity contribution in [3.63, 3.8) is 0 Å². The average Bonchev–Trinajstić information content (AvgIpc) is 3.30. The lowest BCUT2D eigenvalue weighted by atomic mass is 9.96. The monoisotopic (exact) mass is 981 g/mol. The van der Waals surface area contributed by atoms with Crippen molar-refractivity contribution in [1.29, 1.82) is 0 Å². The number of aliphatic carboxylic acids is 2. The number of guanidine groups is 1. The first-order chi connectivity index (χ1) is 32.9. The van der Waals surface area contributed by atoms with Gasteiger partial charge in [0.05, 0.1) is 24.0 Å². The second-order valence-electron chi connectivity index (χ2n) is 17.8. The fourth-order valence-electron chi connectivity index (χ4n) is 7.07. The molecule has 0 aliphatic carbocycles. The molecule has 1 aliphatic heterocycles. The number of nitrogens with two attached hydrogens (primary N) is 2. The summed E-state index contributed by atoms with van der Waals surface area (Å²) in [5.74, 6) is -12.4. The molecule has 1 heterocycles. The van der Waals surface area contributed by atoms with Gasteiger partial charge in [-0.15, -0.1) is 0 Å². The molecule has 0 unspecified atom stereocenters. The van der Waals surface area contributed by atoms with Gasteiger partial charge in [0.15, 0.2) is 5.96 Å². The van der Waals surface area contributed by atoms with Gasteiger partial charge >= 0.3 is 11.9 Å². The zero-order chi connectivity index (χ0) is 52.8. The van der Waals surface area contributed by atoms with Crippen LogP contribution in [0.3, 0.4) is 0 Å². The number of nitrogens with zero attached hydrogens (tertiary/aromatic N) is 2. The summed E-state index contributed by atoms with van der Waals surface area (Å²) in [5.41, 5.74) is 12.4. The number of nitrogens with one attached hydrogen (secondary N) is 6. The van der Waals surface area contributed by atoms with E-state index in [2.05, 4.69) is 43.5 Å². The van der Waals surface area contributed by atoms with Gasteiger partial charge in [0.2, 0.25) is 35.4 Å². The van der Waals surface area contributed by atoms with Crippen LogP contribution in [0.25, 0.3) is 0 Å². The van der Waals surface area contributed by atoms with Crippen LogP contribution < -0.4 is 43.4 Å². The minimum Gasteiger partial charge on any atom is -0.480 e. The van der Waals surface area contributed by atoms with Crippen LogP contribution in [0.15, 0.2) is 71.4 Å². The number of amides is 7. The van der Waals surface area contributed by atoms with Crippen LogP contribution in [0, 0.1) is 17.8 Å². The van der Waals surface area contributed by atoms with Gasteiger partial charge in [-0.05, 0) is 63.9 Å². The summed E-state index contributed by atoms with van der Waals surface area (Å²) < 4.78 is 5.70. The number of allylic oxidation sites excluding steroid dienone is 2. The van der Waals surface area contributed by atoms with Gasteiger partial charge in [0, 0.05) is 27.1 Å². The van der Waals surface area contributed by atoms with E-state index in [1.165, 1.54) is 33.9 Å². The average molecular weight is 981 g/mol. The Balaban J connectivity index is 2.70. The first-order valence-electron chi connectivity index (χ1n) is 23.1. The van der Waals surface area contributed by atoms with Gasteiger partial charge < -0.3 is 63.2 Å². The lowest BCUT2D eigenvalue weighted by Crippen LogP contribution is -2.59. The van der Waals surface area contributed by atoms with Crippen molar-refractivity contribution < 1.29 is 58.1 Å². The van der Waals surface area contributed by atoms with E-state index in [0.29, 0.717) is 18.4 Å². The molecule has 2 rings (SSSR count). The highest BCUT2D eigenvalue weighted by Gasteiger charge is 2.37. The summed E-state index contributed by atoms with van der Waals surface area (Å²) in [6.45, 7) is 12.9. The second-order valence-corrected chi connectivity index (χ2v) is 17.8. The quantitative estimate of drug-likeness (QED) is 0.0374. The molecule has 12 N–H and O–H groups in total. The number of ether oxygens (including phenoxy) is 1. The Hall–Kier alpha value is -7.10. The smallest absolute Gasteiger partial charge is 0.327 e. The number of carbonyl (C=O) groups excluding carboxylic acids is 7. The third kappa shape index (κ3) is 19.9. The van der Waals surface area contributed by atoms with Gasteiger partial charge in [-0.25, -0.2) is 9.59 Å². The Morgan fingerprint density at radius 3 is 2.06 bits per heavy atom. The topological polar surface area (TPSA) is 343 Å². The van der Waals surface area contributed by atoms with Crippen molar-refractivity contribution >= 4 is 59.2 Å². The number of aliphatic imine (C=N–C) groups is 1. The minimum absolute atomic E-state index is 0.00707. The highest BCUT2D eigenvalue weighted by atomic mass is 16.5. The summed E-state index contributed by atoms with van der Waals surface area (Å²) in [6.07, 6.45) is 5.13. The van der Waals surface area contributed by atoms with E-state index in [9.17, 15) is 53.4 Å². The molecule has 70 heavy (non-hydrogen) atoms. The van der Waals surface area contributed by atoms with Gasteiger partial charge in [-0.1, -0.05) is 88.4 Å². The Morgan fingerprint density at radius 2 is 1.47 bits per heavy atom. The van der Waals surface area contributed by atoms with Crippen LogP contribution in [-0.4, -0.2) is 137 Å². The van der Waals surface area contributed by atoms with E-state index in [1.54, 1.807) is 34.0 Å². The minimum atomic E-state index is -1.88. The number of likely N-dealkylation sites (N-methyl/N-ethyl adjacent to an activating group) is 1. The van der Waals surface area contributed by atoms with Crippen LogP contribution in [0.2, 0.25) is 0 Å². The molecule has 22 heteroatoms. The zero-order valence-electron chi connectivity index (χ0n) is 41.3. The van der Waals surface area contributed by atoms with E-state index in [0.717, 1.165) is 10.5 Å². The predicted octanol–water partition coefficient (Wildman–Crippen LogP) is 0.372. The Kier molecular flexibility index (Phi) is 24.5. The standard InChI is InChI=1S/C48H72N10O12/c1-26(2)24-37-45(65)57-39(47(68)69)29(5)41(61)54-35(16-13-23-51-48(49)50)44(64)53-34(20-18-27(3)17-19-33(70-9)25-32-14-11-10-12-15-32)28(4)40(60)55-36(46(66)67)21-22-38(59)58(8)31(7)43(63)52-30(6)42(62)56-37/h10-12,14-15,17-18,20,26,28-30,33-37,39H,7,13,16,19,21-25H2,1-6,8-9H3,(H,52,63)(H,53,64)(H,54,61)(H,55,60)(H,56,62)(H,57,65)(H,66,67)(H,68,69)(H4,49,50,51)/b20-18+,27-17+/t28-,29-,30+,33+,34-,35-,36+,37-,39+/m0/s1. The molecular weight excluding hydrogens is 909 g/mol. The Bertz CT molecular complexity index is 2120. The summed E-state index contributed by atoms with van der Waals surface area (Å²) in [6, 6.07) is 0.995. The lowest BCUT2D eigenvalue weighted by Gasteiger charge is -2.28. The molecule has 0 radical (unpaired) electrons. The molecule has 0 saturated carbocycles. The van der Waals surface area contributed by atoms with Crippen molar-refractivity contribution in [2.24, 2.45) is 34.2 Å². The van der Waals surface area contributed by atoms with Crippen LogP contribution >= 0.6 is 0 Å². The number of hydrogen-bond acceptors (Lipinski definition) is 11. The number of carbonyl (C=O) groups is 9. The number of carboxylic acid groups (broad SMARTS) is 2. The Labute approximate surface area is 408 Å². The number of carboxylic acids is 2. The van der Waals surface area contributed by atoms with Crippen LogP contribution in [-0.2, 0) is 54.3 Å². The van der Waals surface area contributed by atoms with Crippen LogP contribution in [0.1, 0.15) is 85.6 Å².